The summed E-state index contributed by atoms with van der Waals surface area (Å²) in [4.78, 5) is 35.2. The molecule has 0 aromatic heterocycles. The SMILES string of the molecule is Cc1ccccc1NC(=O)CCCC(=O)OCC(=O)Nc1ccccc1. The van der Waals surface area contributed by atoms with Crippen LogP contribution in [-0.2, 0) is 19.1 Å². The standard InChI is InChI=1S/C20H22N2O4/c1-15-8-5-6-11-17(15)22-18(23)12-7-13-20(25)26-14-19(24)21-16-9-3-2-4-10-16/h2-6,8-11H,7,12-14H2,1H3,(H,21,24)(H,22,23). The van der Waals surface area contributed by atoms with Crippen LogP contribution in [0.15, 0.2) is 54.6 Å². The molecule has 0 saturated heterocycles. The first kappa shape index (κ1) is 19.2. The molecule has 0 aliphatic heterocycles. The van der Waals surface area contributed by atoms with Crippen LogP contribution in [0.25, 0.3) is 0 Å². The molecular weight excluding hydrogens is 332 g/mol. The van der Waals surface area contributed by atoms with Gasteiger partial charge in [-0.05, 0) is 37.1 Å². The lowest BCUT2D eigenvalue weighted by Gasteiger charge is -2.08. The van der Waals surface area contributed by atoms with Gasteiger partial charge in [-0.2, -0.15) is 0 Å². The number of rotatable bonds is 8. The monoisotopic (exact) mass is 354 g/mol. The van der Waals surface area contributed by atoms with Gasteiger partial charge >= 0.3 is 5.97 Å². The third-order valence-corrected chi connectivity index (χ3v) is 3.63. The fourth-order valence-corrected chi connectivity index (χ4v) is 2.26. The smallest absolute Gasteiger partial charge is 0.306 e. The summed E-state index contributed by atoms with van der Waals surface area (Å²) in [5, 5.41) is 5.43. The maximum absolute atomic E-state index is 11.9. The third kappa shape index (κ3) is 6.76. The number of hydrogen-bond donors (Lipinski definition) is 2. The number of amides is 2. The van der Waals surface area contributed by atoms with Gasteiger partial charge in [-0.25, -0.2) is 0 Å². The number of carbonyl (C=O) groups is 3. The molecule has 26 heavy (non-hydrogen) atoms. The number of anilines is 2. The zero-order valence-corrected chi connectivity index (χ0v) is 14.7. The first-order chi connectivity index (χ1) is 12.5. The number of para-hydroxylation sites is 2. The van der Waals surface area contributed by atoms with Crippen molar-refractivity contribution >= 4 is 29.2 Å². The van der Waals surface area contributed by atoms with Crippen molar-refractivity contribution in [1.82, 2.24) is 0 Å². The summed E-state index contributed by atoms with van der Waals surface area (Å²) in [7, 11) is 0. The van der Waals surface area contributed by atoms with E-state index in [-0.39, 0.29) is 25.4 Å². The summed E-state index contributed by atoms with van der Waals surface area (Å²) in [6.07, 6.45) is 0.649. The van der Waals surface area contributed by atoms with Crippen LogP contribution >= 0.6 is 0 Å². The van der Waals surface area contributed by atoms with E-state index in [1.54, 1.807) is 24.3 Å². The number of ether oxygens (including phenoxy) is 1. The summed E-state index contributed by atoms with van der Waals surface area (Å²) >= 11 is 0. The number of carbonyl (C=O) groups excluding carboxylic acids is 3. The molecule has 0 heterocycles. The number of benzene rings is 2. The molecule has 0 radical (unpaired) electrons. The Kier molecular flexibility index (Phi) is 7.36. The number of hydrogen-bond acceptors (Lipinski definition) is 4. The Balaban J connectivity index is 1.62. The van der Waals surface area contributed by atoms with E-state index in [0.717, 1.165) is 11.3 Å². The molecule has 2 aromatic rings. The van der Waals surface area contributed by atoms with Crippen LogP contribution in [0.4, 0.5) is 11.4 Å². The van der Waals surface area contributed by atoms with E-state index in [1.165, 1.54) is 0 Å². The summed E-state index contributed by atoms with van der Waals surface area (Å²) < 4.78 is 4.91. The zero-order chi connectivity index (χ0) is 18.8. The molecule has 0 fully saturated rings. The van der Waals surface area contributed by atoms with Crippen molar-refractivity contribution in [3.05, 3.63) is 60.2 Å². The molecule has 6 heteroatoms. The van der Waals surface area contributed by atoms with E-state index >= 15 is 0 Å². The average Bonchev–Trinajstić information content (AvgIpc) is 2.63. The molecule has 2 aromatic carbocycles. The Hall–Kier alpha value is -3.15. The quantitative estimate of drug-likeness (QED) is 0.713. The lowest BCUT2D eigenvalue weighted by atomic mass is 10.2. The average molecular weight is 354 g/mol. The van der Waals surface area contributed by atoms with E-state index in [2.05, 4.69) is 10.6 Å². The highest BCUT2D eigenvalue weighted by atomic mass is 16.5. The lowest BCUT2D eigenvalue weighted by Crippen LogP contribution is -2.21. The van der Waals surface area contributed by atoms with Crippen LogP contribution in [0.2, 0.25) is 0 Å². The highest BCUT2D eigenvalue weighted by Gasteiger charge is 2.10. The minimum absolute atomic E-state index is 0.0831. The van der Waals surface area contributed by atoms with Crippen LogP contribution in [0.1, 0.15) is 24.8 Å². The first-order valence-corrected chi connectivity index (χ1v) is 8.40. The minimum atomic E-state index is -0.503. The largest absolute Gasteiger partial charge is 0.456 e. The molecule has 2 N–H and O–H groups in total. The number of aryl methyl sites for hydroxylation is 1. The predicted molar refractivity (Wildman–Crippen MR) is 99.7 cm³/mol. The van der Waals surface area contributed by atoms with Crippen LogP contribution in [-0.4, -0.2) is 24.4 Å². The molecule has 136 valence electrons. The Bertz CT molecular complexity index is 759. The Labute approximate surface area is 152 Å². The summed E-state index contributed by atoms with van der Waals surface area (Å²) in [5.41, 5.74) is 2.38. The number of esters is 1. The van der Waals surface area contributed by atoms with E-state index in [0.29, 0.717) is 12.1 Å². The van der Waals surface area contributed by atoms with Crippen molar-refractivity contribution in [3.63, 3.8) is 0 Å². The van der Waals surface area contributed by atoms with E-state index in [9.17, 15) is 14.4 Å². The molecule has 0 atom stereocenters. The highest BCUT2D eigenvalue weighted by molar-refractivity contribution is 5.93. The minimum Gasteiger partial charge on any atom is -0.456 e. The molecule has 0 bridgehead atoms. The maximum Gasteiger partial charge on any atom is 0.306 e. The van der Waals surface area contributed by atoms with Crippen molar-refractivity contribution < 1.29 is 19.1 Å². The van der Waals surface area contributed by atoms with Gasteiger partial charge in [0, 0.05) is 24.2 Å². The van der Waals surface area contributed by atoms with Gasteiger partial charge in [0.25, 0.3) is 5.91 Å². The van der Waals surface area contributed by atoms with Gasteiger partial charge in [0.15, 0.2) is 6.61 Å². The molecule has 0 aliphatic carbocycles. The van der Waals surface area contributed by atoms with Crippen molar-refractivity contribution in [2.24, 2.45) is 0 Å². The molecule has 2 amide bonds. The van der Waals surface area contributed by atoms with Gasteiger partial charge in [-0.15, -0.1) is 0 Å². The molecule has 0 aliphatic rings. The Morgan fingerprint density at radius 3 is 2.27 bits per heavy atom. The lowest BCUT2D eigenvalue weighted by molar-refractivity contribution is -0.147. The van der Waals surface area contributed by atoms with Gasteiger partial charge in [-0.3, -0.25) is 14.4 Å². The van der Waals surface area contributed by atoms with Crippen molar-refractivity contribution in [1.29, 1.82) is 0 Å². The normalized spacial score (nSPS) is 10.0. The predicted octanol–water partition coefficient (Wildman–Crippen LogP) is 3.29. The van der Waals surface area contributed by atoms with Crippen molar-refractivity contribution in [3.8, 4) is 0 Å². The molecule has 0 unspecified atom stereocenters. The molecule has 0 saturated carbocycles. The van der Waals surface area contributed by atoms with Crippen LogP contribution in [0, 0.1) is 6.92 Å². The van der Waals surface area contributed by atoms with Crippen LogP contribution in [0.5, 0.6) is 0 Å². The number of nitrogens with one attached hydrogen (secondary N) is 2. The second kappa shape index (κ2) is 9.98. The molecule has 6 nitrogen and oxygen atoms in total. The van der Waals surface area contributed by atoms with Gasteiger partial charge in [-0.1, -0.05) is 36.4 Å². The van der Waals surface area contributed by atoms with E-state index in [1.807, 2.05) is 37.3 Å². The summed E-state index contributed by atoms with van der Waals surface area (Å²) in [6.45, 7) is 1.57. The van der Waals surface area contributed by atoms with Crippen LogP contribution < -0.4 is 10.6 Å². The fraction of sp³-hybridized carbons (Fsp3) is 0.250. The van der Waals surface area contributed by atoms with E-state index < -0.39 is 11.9 Å². The first-order valence-electron chi connectivity index (χ1n) is 8.40. The Morgan fingerprint density at radius 1 is 0.846 bits per heavy atom. The van der Waals surface area contributed by atoms with Gasteiger partial charge in [0.1, 0.15) is 0 Å². The van der Waals surface area contributed by atoms with Gasteiger partial charge in [0.05, 0.1) is 0 Å². The third-order valence-electron chi connectivity index (χ3n) is 3.63. The van der Waals surface area contributed by atoms with Crippen LogP contribution in [0.3, 0.4) is 0 Å². The maximum atomic E-state index is 11.9. The fourth-order valence-electron chi connectivity index (χ4n) is 2.26. The molecule has 0 spiro atoms. The Morgan fingerprint density at radius 2 is 1.54 bits per heavy atom. The van der Waals surface area contributed by atoms with Gasteiger partial charge < -0.3 is 15.4 Å². The summed E-state index contributed by atoms with van der Waals surface area (Å²) in [6, 6.07) is 16.4. The molecule has 2 rings (SSSR count). The molecular formula is C20H22N2O4. The topological polar surface area (TPSA) is 84.5 Å². The second-order valence-electron chi connectivity index (χ2n) is 5.79. The zero-order valence-electron chi connectivity index (χ0n) is 14.7. The van der Waals surface area contributed by atoms with Crippen molar-refractivity contribution in [2.75, 3.05) is 17.2 Å². The highest BCUT2D eigenvalue weighted by Crippen LogP contribution is 2.13. The summed E-state index contributed by atoms with van der Waals surface area (Å²) in [5.74, 6) is -1.06. The second-order valence-corrected chi connectivity index (χ2v) is 5.79. The van der Waals surface area contributed by atoms with Crippen molar-refractivity contribution in [2.45, 2.75) is 26.2 Å². The van der Waals surface area contributed by atoms with E-state index in [4.69, 9.17) is 4.74 Å². The van der Waals surface area contributed by atoms with Gasteiger partial charge in [0.2, 0.25) is 5.91 Å².